The van der Waals surface area contributed by atoms with E-state index < -0.39 is 10.1 Å². The molecule has 0 N–H and O–H groups in total. The molecule has 0 spiro atoms. The van der Waals surface area contributed by atoms with Gasteiger partial charge in [-0.25, -0.2) is 8.42 Å². The van der Waals surface area contributed by atoms with Gasteiger partial charge in [0.2, 0.25) is 0 Å². The predicted molar refractivity (Wildman–Crippen MR) is 54.3 cm³/mol. The van der Waals surface area contributed by atoms with Crippen molar-refractivity contribution in [2.75, 3.05) is 0 Å². The molecule has 0 atom stereocenters. The van der Waals surface area contributed by atoms with Crippen LogP contribution in [0.1, 0.15) is 5.56 Å². The van der Waals surface area contributed by atoms with E-state index in [1.165, 1.54) is 6.08 Å². The van der Waals surface area contributed by atoms with Crippen LogP contribution in [0.2, 0.25) is 0 Å². The van der Waals surface area contributed by atoms with Gasteiger partial charge in [0.15, 0.2) is 0 Å². The van der Waals surface area contributed by atoms with Crippen molar-refractivity contribution in [3.8, 4) is 0 Å². The van der Waals surface area contributed by atoms with Gasteiger partial charge in [-0.2, -0.15) is 0 Å². The average molecular weight is 232 g/mol. The standard InChI is InChI=1S/C10H10O3S.Na/c1-2-10(14(11,12)13)8-9-6-4-3-5-7-9;/h2-8H,1H2,(H,11,12,13);/q;+1/p-1. The number of rotatable bonds is 3. The molecule has 0 aliphatic heterocycles. The molecule has 0 aliphatic rings. The van der Waals surface area contributed by atoms with E-state index in [-0.39, 0.29) is 34.5 Å². The first-order valence-electron chi connectivity index (χ1n) is 3.89. The number of hydrogen-bond donors (Lipinski definition) is 0. The zero-order valence-electron chi connectivity index (χ0n) is 8.38. The van der Waals surface area contributed by atoms with Crippen molar-refractivity contribution in [3.05, 3.63) is 53.5 Å². The Morgan fingerprint density at radius 2 is 1.80 bits per heavy atom. The summed E-state index contributed by atoms with van der Waals surface area (Å²) in [5.41, 5.74) is 0.654. The van der Waals surface area contributed by atoms with Gasteiger partial charge in [0.25, 0.3) is 0 Å². The fourth-order valence-corrected chi connectivity index (χ4v) is 1.43. The molecule has 5 heteroatoms. The Morgan fingerprint density at radius 3 is 2.20 bits per heavy atom. The maximum absolute atomic E-state index is 10.7. The first kappa shape index (κ1) is 14.6. The molecule has 15 heavy (non-hydrogen) atoms. The third-order valence-corrected chi connectivity index (χ3v) is 2.46. The number of hydrogen-bond acceptors (Lipinski definition) is 3. The molecule has 3 nitrogen and oxygen atoms in total. The Kier molecular flexibility index (Phi) is 6.09. The van der Waals surface area contributed by atoms with Gasteiger partial charge in [-0.3, -0.25) is 0 Å². The third-order valence-electron chi connectivity index (χ3n) is 1.60. The first-order chi connectivity index (χ1) is 6.54. The van der Waals surface area contributed by atoms with E-state index in [9.17, 15) is 13.0 Å². The summed E-state index contributed by atoms with van der Waals surface area (Å²) in [6.07, 6.45) is 2.32. The van der Waals surface area contributed by atoms with Crippen molar-refractivity contribution >= 4 is 16.2 Å². The van der Waals surface area contributed by atoms with Crippen LogP contribution in [0.3, 0.4) is 0 Å². The molecule has 0 bridgehead atoms. The van der Waals surface area contributed by atoms with E-state index >= 15 is 0 Å². The van der Waals surface area contributed by atoms with Gasteiger partial charge >= 0.3 is 29.6 Å². The van der Waals surface area contributed by atoms with Crippen LogP contribution in [-0.2, 0) is 10.1 Å². The molecule has 0 radical (unpaired) electrons. The van der Waals surface area contributed by atoms with Gasteiger partial charge in [0, 0.05) is 0 Å². The van der Waals surface area contributed by atoms with E-state index in [2.05, 4.69) is 6.58 Å². The minimum atomic E-state index is -4.42. The van der Waals surface area contributed by atoms with Crippen LogP contribution in [0.15, 0.2) is 47.9 Å². The van der Waals surface area contributed by atoms with Gasteiger partial charge in [0.05, 0.1) is 4.91 Å². The Hall–Kier alpha value is -0.390. The Bertz CT molecular complexity index is 449. The van der Waals surface area contributed by atoms with Crippen molar-refractivity contribution in [2.24, 2.45) is 0 Å². The summed E-state index contributed by atoms with van der Waals surface area (Å²) in [4.78, 5) is -0.316. The fourth-order valence-electron chi connectivity index (χ4n) is 0.947. The number of allylic oxidation sites excluding steroid dienone is 1. The van der Waals surface area contributed by atoms with Crippen LogP contribution >= 0.6 is 0 Å². The van der Waals surface area contributed by atoms with Crippen LogP contribution in [-0.4, -0.2) is 13.0 Å². The van der Waals surface area contributed by atoms with Gasteiger partial charge < -0.3 is 4.55 Å². The number of benzene rings is 1. The minimum Gasteiger partial charge on any atom is -0.744 e. The summed E-state index contributed by atoms with van der Waals surface area (Å²) >= 11 is 0. The van der Waals surface area contributed by atoms with E-state index in [1.54, 1.807) is 30.3 Å². The van der Waals surface area contributed by atoms with Crippen LogP contribution in [0, 0.1) is 0 Å². The molecule has 1 aromatic rings. The third kappa shape index (κ3) is 4.77. The maximum Gasteiger partial charge on any atom is 1.00 e. The topological polar surface area (TPSA) is 57.2 Å². The van der Waals surface area contributed by atoms with Gasteiger partial charge in [-0.1, -0.05) is 43.0 Å². The van der Waals surface area contributed by atoms with Crippen molar-refractivity contribution in [2.45, 2.75) is 0 Å². The quantitative estimate of drug-likeness (QED) is 0.372. The van der Waals surface area contributed by atoms with Gasteiger partial charge in [-0.15, -0.1) is 0 Å². The Labute approximate surface area is 112 Å². The molecule has 0 saturated heterocycles. The Morgan fingerprint density at radius 1 is 1.27 bits per heavy atom. The van der Waals surface area contributed by atoms with Crippen molar-refractivity contribution in [1.82, 2.24) is 0 Å². The van der Waals surface area contributed by atoms with E-state index in [1.807, 2.05) is 0 Å². The second-order valence-corrected chi connectivity index (χ2v) is 4.00. The molecular weight excluding hydrogens is 223 g/mol. The summed E-state index contributed by atoms with van der Waals surface area (Å²) in [5, 5.41) is 0. The van der Waals surface area contributed by atoms with Crippen LogP contribution in [0.4, 0.5) is 0 Å². The molecule has 74 valence electrons. The SMILES string of the molecule is C=CC(=Cc1ccccc1)S(=O)(=O)[O-].[Na+]. The van der Waals surface area contributed by atoms with E-state index in [0.29, 0.717) is 5.56 Å². The summed E-state index contributed by atoms with van der Waals surface area (Å²) in [6.45, 7) is 3.28. The van der Waals surface area contributed by atoms with Crippen molar-refractivity contribution < 1.29 is 42.5 Å². The second-order valence-electron chi connectivity index (χ2n) is 2.62. The van der Waals surface area contributed by atoms with Crippen molar-refractivity contribution in [3.63, 3.8) is 0 Å². The summed E-state index contributed by atoms with van der Waals surface area (Å²) in [6, 6.07) is 8.72. The smallest absolute Gasteiger partial charge is 0.744 e. The van der Waals surface area contributed by atoms with E-state index in [4.69, 9.17) is 0 Å². The maximum atomic E-state index is 10.7. The molecule has 0 heterocycles. The zero-order chi connectivity index (χ0) is 10.6. The zero-order valence-corrected chi connectivity index (χ0v) is 11.2. The van der Waals surface area contributed by atoms with E-state index in [0.717, 1.165) is 6.08 Å². The molecule has 0 aliphatic carbocycles. The second kappa shape index (κ2) is 6.25. The summed E-state index contributed by atoms with van der Waals surface area (Å²) < 4.78 is 32.0. The molecule has 1 aromatic carbocycles. The average Bonchev–Trinajstić information content (AvgIpc) is 2.14. The summed E-state index contributed by atoms with van der Waals surface area (Å²) in [7, 11) is -4.42. The van der Waals surface area contributed by atoms with Gasteiger partial charge in [0.1, 0.15) is 10.1 Å². The van der Waals surface area contributed by atoms with Crippen LogP contribution < -0.4 is 29.6 Å². The molecule has 0 amide bonds. The van der Waals surface area contributed by atoms with Crippen LogP contribution in [0.25, 0.3) is 6.08 Å². The van der Waals surface area contributed by atoms with Crippen LogP contribution in [0.5, 0.6) is 0 Å². The van der Waals surface area contributed by atoms with Gasteiger partial charge in [-0.05, 0) is 11.6 Å². The van der Waals surface area contributed by atoms with Crippen molar-refractivity contribution in [1.29, 1.82) is 0 Å². The monoisotopic (exact) mass is 232 g/mol. The Balaban J connectivity index is 0.00000196. The largest absolute Gasteiger partial charge is 1.00 e. The fraction of sp³-hybridized carbons (Fsp3) is 0. The molecule has 0 saturated carbocycles. The normalized spacial score (nSPS) is 11.7. The molecule has 1 rings (SSSR count). The predicted octanol–water partition coefficient (Wildman–Crippen LogP) is -1.24. The molecular formula is C10H9NaO3S. The molecule has 0 aromatic heterocycles. The summed E-state index contributed by atoms with van der Waals surface area (Å²) in [5.74, 6) is 0. The molecule has 0 unspecified atom stereocenters. The first-order valence-corrected chi connectivity index (χ1v) is 5.30. The molecule has 0 fully saturated rings. The minimum absolute atomic E-state index is 0.